The minimum absolute atomic E-state index is 0.576. The van der Waals surface area contributed by atoms with E-state index < -0.39 is 0 Å². The number of benzene rings is 2. The average Bonchev–Trinajstić information content (AvgIpc) is 2.89. The second kappa shape index (κ2) is 16.0. The lowest BCUT2D eigenvalue weighted by atomic mass is 10.1. The highest BCUT2D eigenvalue weighted by atomic mass is 16.5. The van der Waals surface area contributed by atoms with Gasteiger partial charge < -0.3 is 19.7 Å². The zero-order valence-corrected chi connectivity index (χ0v) is 22.1. The summed E-state index contributed by atoms with van der Waals surface area (Å²) in [4.78, 5) is 7.53. The van der Waals surface area contributed by atoms with E-state index in [-0.39, 0.29) is 0 Å². The molecule has 0 amide bonds. The maximum Gasteiger partial charge on any atom is 0.0477 e. The van der Waals surface area contributed by atoms with Gasteiger partial charge >= 0.3 is 0 Å². The van der Waals surface area contributed by atoms with Gasteiger partial charge in [0.15, 0.2) is 0 Å². The quantitative estimate of drug-likeness (QED) is 0.560. The minimum atomic E-state index is 0.576. The summed E-state index contributed by atoms with van der Waals surface area (Å²) in [6.45, 7) is 10.6. The fourth-order valence-corrected chi connectivity index (χ4v) is 4.89. The van der Waals surface area contributed by atoms with E-state index in [2.05, 4.69) is 87.7 Å². The highest BCUT2D eigenvalue weighted by Crippen LogP contribution is 2.14. The SMILES string of the molecule is COCC[C@H]1CN(Cc2ccccc2)CCN1.COCC[C@H]1CN(Cc2ccccc2)CCN1C. The molecule has 0 spiro atoms. The van der Waals surface area contributed by atoms with E-state index in [4.69, 9.17) is 9.47 Å². The number of rotatable bonds is 10. The zero-order valence-electron chi connectivity index (χ0n) is 22.1. The predicted molar refractivity (Wildman–Crippen MR) is 145 cm³/mol. The lowest BCUT2D eigenvalue weighted by Gasteiger charge is -2.39. The van der Waals surface area contributed by atoms with Crippen molar-refractivity contribution in [3.05, 3.63) is 71.8 Å². The lowest BCUT2D eigenvalue weighted by Crippen LogP contribution is -2.51. The number of ether oxygens (including phenoxy) is 2. The Balaban J connectivity index is 0.000000196. The van der Waals surface area contributed by atoms with Crippen LogP contribution in [0.1, 0.15) is 24.0 Å². The number of methoxy groups -OCH3 is 2. The lowest BCUT2D eigenvalue weighted by molar-refractivity contribution is 0.0666. The van der Waals surface area contributed by atoms with Crippen molar-refractivity contribution in [1.82, 2.24) is 20.0 Å². The molecule has 0 aliphatic carbocycles. The molecule has 0 saturated carbocycles. The first-order chi connectivity index (χ1) is 17.2. The summed E-state index contributed by atoms with van der Waals surface area (Å²) in [6.07, 6.45) is 2.22. The number of nitrogens with one attached hydrogen (secondary N) is 1. The molecule has 1 N–H and O–H groups in total. The van der Waals surface area contributed by atoms with Crippen molar-refractivity contribution in [2.45, 2.75) is 38.0 Å². The Labute approximate surface area is 213 Å². The van der Waals surface area contributed by atoms with Crippen LogP contribution in [-0.2, 0) is 22.6 Å². The van der Waals surface area contributed by atoms with Gasteiger partial charge in [-0.1, -0.05) is 60.7 Å². The van der Waals surface area contributed by atoms with Crippen LogP contribution in [0.15, 0.2) is 60.7 Å². The van der Waals surface area contributed by atoms with Crippen LogP contribution in [-0.4, -0.2) is 101 Å². The van der Waals surface area contributed by atoms with Crippen LogP contribution in [0.4, 0.5) is 0 Å². The standard InChI is InChI=1S/C15H24N2O.C14H22N2O/c1-16-9-10-17(13-15(16)8-11-18-2)12-14-6-4-3-5-7-14;1-17-10-7-14-12-16(9-8-15-14)11-13-5-3-2-4-6-13/h3-7,15H,8-13H2,1-2H3;2-6,14-15H,7-12H2,1H3/t15-;14-/m00/s1. The number of likely N-dealkylation sites (N-methyl/N-ethyl adjacent to an activating group) is 1. The van der Waals surface area contributed by atoms with Crippen LogP contribution in [0.3, 0.4) is 0 Å². The summed E-state index contributed by atoms with van der Waals surface area (Å²) in [6, 6.07) is 22.6. The highest BCUT2D eigenvalue weighted by molar-refractivity contribution is 5.15. The summed E-state index contributed by atoms with van der Waals surface area (Å²) in [5.41, 5.74) is 2.81. The van der Waals surface area contributed by atoms with Crippen LogP contribution in [0, 0.1) is 0 Å². The topological polar surface area (TPSA) is 40.2 Å². The first-order valence-corrected chi connectivity index (χ1v) is 13.1. The van der Waals surface area contributed by atoms with E-state index in [1.165, 1.54) is 11.1 Å². The van der Waals surface area contributed by atoms with Gasteiger partial charge in [0.25, 0.3) is 0 Å². The van der Waals surface area contributed by atoms with Gasteiger partial charge in [0, 0.05) is 91.9 Å². The van der Waals surface area contributed by atoms with Crippen molar-refractivity contribution >= 4 is 0 Å². The van der Waals surface area contributed by atoms with Gasteiger partial charge in [-0.3, -0.25) is 9.80 Å². The molecule has 2 fully saturated rings. The average molecular weight is 483 g/mol. The van der Waals surface area contributed by atoms with E-state index in [9.17, 15) is 0 Å². The Bertz CT molecular complexity index is 792. The van der Waals surface area contributed by atoms with Gasteiger partial charge in [0.05, 0.1) is 0 Å². The fraction of sp³-hybridized carbons (Fsp3) is 0.586. The molecule has 4 rings (SSSR count). The highest BCUT2D eigenvalue weighted by Gasteiger charge is 2.23. The molecule has 6 nitrogen and oxygen atoms in total. The summed E-state index contributed by atoms with van der Waals surface area (Å²) in [7, 11) is 5.77. The number of piperazine rings is 2. The van der Waals surface area contributed by atoms with Crippen molar-refractivity contribution in [3.8, 4) is 0 Å². The number of hydrogen-bond donors (Lipinski definition) is 1. The predicted octanol–water partition coefficient (Wildman–Crippen LogP) is 3.34. The molecule has 194 valence electrons. The first kappa shape index (κ1) is 27.8. The van der Waals surface area contributed by atoms with Crippen molar-refractivity contribution in [3.63, 3.8) is 0 Å². The van der Waals surface area contributed by atoms with Crippen LogP contribution in [0.25, 0.3) is 0 Å². The van der Waals surface area contributed by atoms with Gasteiger partial charge in [0.1, 0.15) is 0 Å². The Morgan fingerprint density at radius 3 is 1.91 bits per heavy atom. The first-order valence-electron chi connectivity index (χ1n) is 13.1. The van der Waals surface area contributed by atoms with Crippen molar-refractivity contribution in [2.24, 2.45) is 0 Å². The Kier molecular flexibility index (Phi) is 12.7. The molecular weight excluding hydrogens is 436 g/mol. The zero-order chi connectivity index (χ0) is 24.7. The molecule has 2 atom stereocenters. The molecule has 2 heterocycles. The maximum absolute atomic E-state index is 5.20. The fourth-order valence-electron chi connectivity index (χ4n) is 4.89. The molecule has 0 unspecified atom stereocenters. The summed E-state index contributed by atoms with van der Waals surface area (Å²) < 4.78 is 10.3. The molecule has 2 aliphatic heterocycles. The minimum Gasteiger partial charge on any atom is -0.385 e. The van der Waals surface area contributed by atoms with E-state index in [1.54, 1.807) is 14.2 Å². The third kappa shape index (κ3) is 10.4. The monoisotopic (exact) mass is 482 g/mol. The molecule has 0 aromatic heterocycles. The largest absolute Gasteiger partial charge is 0.385 e. The molecule has 35 heavy (non-hydrogen) atoms. The van der Waals surface area contributed by atoms with Gasteiger partial charge in [-0.05, 0) is 31.0 Å². The smallest absolute Gasteiger partial charge is 0.0477 e. The van der Waals surface area contributed by atoms with Crippen molar-refractivity contribution in [2.75, 3.05) is 73.7 Å². The number of nitrogens with zero attached hydrogens (tertiary/aromatic N) is 3. The molecule has 0 radical (unpaired) electrons. The van der Waals surface area contributed by atoms with Crippen LogP contribution < -0.4 is 5.32 Å². The summed E-state index contributed by atoms with van der Waals surface area (Å²) >= 11 is 0. The van der Waals surface area contributed by atoms with E-state index in [1.807, 2.05) is 0 Å². The Morgan fingerprint density at radius 2 is 1.31 bits per heavy atom. The van der Waals surface area contributed by atoms with Crippen molar-refractivity contribution in [1.29, 1.82) is 0 Å². The molecule has 6 heteroatoms. The van der Waals surface area contributed by atoms with E-state index in [0.29, 0.717) is 12.1 Å². The van der Waals surface area contributed by atoms with E-state index in [0.717, 1.165) is 78.4 Å². The maximum atomic E-state index is 5.20. The second-order valence-electron chi connectivity index (χ2n) is 9.79. The molecule has 2 aromatic carbocycles. The van der Waals surface area contributed by atoms with Gasteiger partial charge in [-0.25, -0.2) is 0 Å². The van der Waals surface area contributed by atoms with Crippen LogP contribution >= 0.6 is 0 Å². The summed E-state index contributed by atoms with van der Waals surface area (Å²) in [5, 5.41) is 3.55. The Hall–Kier alpha value is -1.80. The van der Waals surface area contributed by atoms with Gasteiger partial charge in [-0.15, -0.1) is 0 Å². The summed E-state index contributed by atoms with van der Waals surface area (Å²) in [5.74, 6) is 0. The molecular formula is C29H46N4O2. The second-order valence-corrected chi connectivity index (χ2v) is 9.79. The van der Waals surface area contributed by atoms with Gasteiger partial charge in [0.2, 0.25) is 0 Å². The third-order valence-corrected chi connectivity index (χ3v) is 7.02. The molecule has 2 aliphatic rings. The molecule has 0 bridgehead atoms. The van der Waals surface area contributed by atoms with Crippen molar-refractivity contribution < 1.29 is 9.47 Å². The van der Waals surface area contributed by atoms with Crippen LogP contribution in [0.5, 0.6) is 0 Å². The van der Waals surface area contributed by atoms with Crippen LogP contribution in [0.2, 0.25) is 0 Å². The number of hydrogen-bond acceptors (Lipinski definition) is 6. The van der Waals surface area contributed by atoms with E-state index >= 15 is 0 Å². The normalized spacial score (nSPS) is 21.9. The third-order valence-electron chi connectivity index (χ3n) is 7.02. The Morgan fingerprint density at radius 1 is 0.743 bits per heavy atom. The molecule has 2 saturated heterocycles. The van der Waals surface area contributed by atoms with Gasteiger partial charge in [-0.2, -0.15) is 0 Å². The molecule has 2 aromatic rings.